The normalized spacial score (nSPS) is 14.1. The lowest BCUT2D eigenvalue weighted by atomic mass is 10.1. The zero-order valence-corrected chi connectivity index (χ0v) is 11.1. The first-order chi connectivity index (χ1) is 8.31. The lowest BCUT2D eigenvalue weighted by Crippen LogP contribution is -2.15. The second-order valence-corrected chi connectivity index (χ2v) is 5.02. The minimum atomic E-state index is 1.01. The zero-order valence-electron chi connectivity index (χ0n) is 11.1. The highest BCUT2D eigenvalue weighted by Crippen LogP contribution is 2.27. The lowest BCUT2D eigenvalue weighted by molar-refractivity contribution is 0.616. The number of rotatable bonds is 6. The van der Waals surface area contributed by atoms with E-state index < -0.39 is 0 Å². The van der Waals surface area contributed by atoms with E-state index in [2.05, 4.69) is 42.4 Å². The van der Waals surface area contributed by atoms with Crippen LogP contribution in [-0.2, 0) is 13.0 Å². The lowest BCUT2D eigenvalue weighted by Gasteiger charge is -2.12. The van der Waals surface area contributed by atoms with E-state index in [4.69, 9.17) is 0 Å². The molecule has 0 saturated heterocycles. The van der Waals surface area contributed by atoms with Crippen LogP contribution in [0.15, 0.2) is 18.2 Å². The van der Waals surface area contributed by atoms with Gasteiger partial charge in [0.05, 0.1) is 0 Å². The highest BCUT2D eigenvalue weighted by Gasteiger charge is 2.14. The average Bonchev–Trinajstić information content (AvgIpc) is 2.71. The number of fused-ring (bicyclic) bond motifs is 1. The van der Waals surface area contributed by atoms with Crippen molar-refractivity contribution in [1.82, 2.24) is 5.32 Å². The quantitative estimate of drug-likeness (QED) is 0.759. The van der Waals surface area contributed by atoms with Crippen LogP contribution >= 0.6 is 0 Å². The van der Waals surface area contributed by atoms with Gasteiger partial charge in [0, 0.05) is 25.8 Å². The van der Waals surface area contributed by atoms with Gasteiger partial charge in [0.15, 0.2) is 0 Å². The van der Waals surface area contributed by atoms with Crippen molar-refractivity contribution < 1.29 is 0 Å². The van der Waals surface area contributed by atoms with Crippen LogP contribution in [0.4, 0.5) is 5.69 Å². The van der Waals surface area contributed by atoms with Crippen molar-refractivity contribution in [2.45, 2.75) is 39.2 Å². The third-order valence-electron chi connectivity index (χ3n) is 3.56. The highest BCUT2D eigenvalue weighted by atomic mass is 15.1. The molecule has 0 aromatic heterocycles. The van der Waals surface area contributed by atoms with Gasteiger partial charge in [0.25, 0.3) is 0 Å². The SMILES string of the molecule is CCCCCNCc1ccc2c(c1)CCN2C. The van der Waals surface area contributed by atoms with E-state index >= 15 is 0 Å². The fourth-order valence-electron chi connectivity index (χ4n) is 2.46. The number of anilines is 1. The summed E-state index contributed by atoms with van der Waals surface area (Å²) < 4.78 is 0. The van der Waals surface area contributed by atoms with Crippen LogP contribution in [0, 0.1) is 0 Å². The van der Waals surface area contributed by atoms with Crippen molar-refractivity contribution in [2.24, 2.45) is 0 Å². The molecule has 0 unspecified atom stereocenters. The number of hydrogen-bond donors (Lipinski definition) is 1. The molecule has 1 aromatic rings. The second-order valence-electron chi connectivity index (χ2n) is 5.02. The minimum absolute atomic E-state index is 1.01. The Kier molecular flexibility index (Phi) is 4.43. The number of hydrogen-bond acceptors (Lipinski definition) is 2. The summed E-state index contributed by atoms with van der Waals surface area (Å²) in [4.78, 5) is 2.34. The van der Waals surface area contributed by atoms with E-state index in [-0.39, 0.29) is 0 Å². The fraction of sp³-hybridized carbons (Fsp3) is 0.600. The van der Waals surface area contributed by atoms with Gasteiger partial charge >= 0.3 is 0 Å². The molecule has 1 aliphatic rings. The third-order valence-corrected chi connectivity index (χ3v) is 3.56. The molecule has 1 aliphatic heterocycles. The van der Waals surface area contributed by atoms with Gasteiger partial charge in [-0.3, -0.25) is 0 Å². The summed E-state index contributed by atoms with van der Waals surface area (Å²) in [6.45, 7) is 5.57. The van der Waals surface area contributed by atoms with Crippen molar-refractivity contribution in [2.75, 3.05) is 25.0 Å². The van der Waals surface area contributed by atoms with Gasteiger partial charge in [-0.1, -0.05) is 31.9 Å². The monoisotopic (exact) mass is 232 g/mol. The molecule has 0 spiro atoms. The van der Waals surface area contributed by atoms with Crippen LogP contribution in [0.1, 0.15) is 37.3 Å². The van der Waals surface area contributed by atoms with E-state index in [0.29, 0.717) is 0 Å². The zero-order chi connectivity index (χ0) is 12.1. The van der Waals surface area contributed by atoms with Crippen molar-refractivity contribution in [3.05, 3.63) is 29.3 Å². The van der Waals surface area contributed by atoms with Crippen molar-refractivity contribution in [1.29, 1.82) is 0 Å². The first-order valence-electron chi connectivity index (χ1n) is 6.85. The molecule has 0 saturated carbocycles. The van der Waals surface area contributed by atoms with Gasteiger partial charge in [-0.25, -0.2) is 0 Å². The Hall–Kier alpha value is -1.02. The van der Waals surface area contributed by atoms with E-state index in [1.54, 1.807) is 0 Å². The largest absolute Gasteiger partial charge is 0.374 e. The Morgan fingerprint density at radius 1 is 1.29 bits per heavy atom. The second kappa shape index (κ2) is 6.06. The molecule has 2 rings (SSSR count). The van der Waals surface area contributed by atoms with Gasteiger partial charge in [0.2, 0.25) is 0 Å². The Morgan fingerprint density at radius 3 is 3.00 bits per heavy atom. The molecule has 1 aromatic carbocycles. The summed E-state index contributed by atoms with van der Waals surface area (Å²) in [6.07, 6.45) is 5.13. The molecular weight excluding hydrogens is 208 g/mol. The van der Waals surface area contributed by atoms with E-state index in [1.165, 1.54) is 49.0 Å². The molecular formula is C15H24N2. The number of unbranched alkanes of at least 4 members (excludes halogenated alkanes) is 2. The van der Waals surface area contributed by atoms with E-state index in [0.717, 1.165) is 13.1 Å². The Labute approximate surface area is 105 Å². The standard InChI is InChI=1S/C15H24N2/c1-3-4-5-9-16-12-13-6-7-15-14(11-13)8-10-17(15)2/h6-7,11,16H,3-5,8-10,12H2,1-2H3. The summed E-state index contributed by atoms with van der Waals surface area (Å²) in [7, 11) is 2.18. The molecule has 1 heterocycles. The minimum Gasteiger partial charge on any atom is -0.374 e. The maximum Gasteiger partial charge on any atom is 0.0397 e. The first-order valence-corrected chi connectivity index (χ1v) is 6.85. The van der Waals surface area contributed by atoms with Crippen LogP contribution in [0.2, 0.25) is 0 Å². The summed E-state index contributed by atoms with van der Waals surface area (Å²) in [6, 6.07) is 6.89. The van der Waals surface area contributed by atoms with Crippen molar-refractivity contribution in [3.63, 3.8) is 0 Å². The maximum atomic E-state index is 3.53. The first kappa shape index (κ1) is 12.4. The summed E-state index contributed by atoms with van der Waals surface area (Å²) in [5, 5.41) is 3.53. The van der Waals surface area contributed by atoms with Crippen LogP contribution in [0.25, 0.3) is 0 Å². The van der Waals surface area contributed by atoms with E-state index in [1.807, 2.05) is 0 Å². The molecule has 2 heteroatoms. The molecule has 0 fully saturated rings. The Bertz CT molecular complexity index is 360. The fourth-order valence-corrected chi connectivity index (χ4v) is 2.46. The molecule has 1 N–H and O–H groups in total. The number of nitrogens with one attached hydrogen (secondary N) is 1. The van der Waals surface area contributed by atoms with Crippen LogP contribution in [-0.4, -0.2) is 20.1 Å². The number of nitrogens with zero attached hydrogens (tertiary/aromatic N) is 1. The topological polar surface area (TPSA) is 15.3 Å². The van der Waals surface area contributed by atoms with Crippen molar-refractivity contribution in [3.8, 4) is 0 Å². The smallest absolute Gasteiger partial charge is 0.0397 e. The predicted octanol–water partition coefficient (Wildman–Crippen LogP) is 2.96. The summed E-state index contributed by atoms with van der Waals surface area (Å²) in [5.41, 5.74) is 4.36. The van der Waals surface area contributed by atoms with Gasteiger partial charge < -0.3 is 10.2 Å². The molecule has 0 amide bonds. The number of likely N-dealkylation sites (N-methyl/N-ethyl adjacent to an activating group) is 1. The third kappa shape index (κ3) is 3.22. The summed E-state index contributed by atoms with van der Waals surface area (Å²) >= 11 is 0. The molecule has 0 radical (unpaired) electrons. The van der Waals surface area contributed by atoms with Gasteiger partial charge in [-0.15, -0.1) is 0 Å². The maximum absolute atomic E-state index is 3.53. The molecule has 94 valence electrons. The molecule has 0 atom stereocenters. The van der Waals surface area contributed by atoms with Crippen molar-refractivity contribution >= 4 is 5.69 Å². The average molecular weight is 232 g/mol. The highest BCUT2D eigenvalue weighted by molar-refractivity contribution is 5.58. The predicted molar refractivity (Wildman–Crippen MR) is 74.6 cm³/mol. The van der Waals surface area contributed by atoms with Gasteiger partial charge in [-0.05, 0) is 36.6 Å². The summed E-state index contributed by atoms with van der Waals surface area (Å²) in [5.74, 6) is 0. The van der Waals surface area contributed by atoms with E-state index in [9.17, 15) is 0 Å². The number of benzene rings is 1. The molecule has 2 nitrogen and oxygen atoms in total. The van der Waals surface area contributed by atoms with Crippen LogP contribution < -0.4 is 10.2 Å². The van der Waals surface area contributed by atoms with Gasteiger partial charge in [-0.2, -0.15) is 0 Å². The molecule has 0 aliphatic carbocycles. The Balaban J connectivity index is 1.82. The van der Waals surface area contributed by atoms with Crippen LogP contribution in [0.3, 0.4) is 0 Å². The molecule has 0 bridgehead atoms. The van der Waals surface area contributed by atoms with Crippen LogP contribution in [0.5, 0.6) is 0 Å². The Morgan fingerprint density at radius 2 is 2.18 bits per heavy atom. The molecule has 17 heavy (non-hydrogen) atoms. The van der Waals surface area contributed by atoms with Gasteiger partial charge in [0.1, 0.15) is 0 Å².